The van der Waals surface area contributed by atoms with Gasteiger partial charge in [-0.05, 0) is 42.7 Å². The van der Waals surface area contributed by atoms with Gasteiger partial charge >= 0.3 is 0 Å². The molecule has 0 aliphatic heterocycles. The monoisotopic (exact) mass is 340 g/mol. The van der Waals surface area contributed by atoms with Gasteiger partial charge in [-0.3, -0.25) is 0 Å². The molecule has 0 saturated heterocycles. The molecule has 1 aromatic carbocycles. The molecule has 1 aromatic heterocycles. The summed E-state index contributed by atoms with van der Waals surface area (Å²) < 4.78 is 6.84. The van der Waals surface area contributed by atoms with E-state index in [1.807, 2.05) is 26.0 Å². The third kappa shape index (κ3) is 3.26. The third-order valence-corrected chi connectivity index (χ3v) is 4.35. The minimum absolute atomic E-state index is 0.357. The normalized spacial score (nSPS) is 10.6. The molecule has 0 fully saturated rings. The predicted molar refractivity (Wildman–Crippen MR) is 80.8 cm³/mol. The average molecular weight is 342 g/mol. The van der Waals surface area contributed by atoms with Crippen LogP contribution in [0.1, 0.15) is 16.7 Å². The lowest BCUT2D eigenvalue weighted by atomic mass is 10.1. The maximum Gasteiger partial charge on any atom is 0.219 e. The summed E-state index contributed by atoms with van der Waals surface area (Å²) in [4.78, 5) is 4.14. The van der Waals surface area contributed by atoms with Gasteiger partial charge in [-0.1, -0.05) is 27.5 Å². The van der Waals surface area contributed by atoms with Crippen LogP contribution < -0.4 is 10.5 Å². The molecule has 0 bridgehead atoms. The van der Waals surface area contributed by atoms with Crippen molar-refractivity contribution in [1.82, 2.24) is 4.98 Å². The molecule has 19 heavy (non-hydrogen) atoms. The number of hydrogen-bond donors (Lipinski definition) is 1. The molecule has 0 aliphatic carbocycles. The number of ether oxygens (including phenoxy) is 1. The zero-order chi connectivity index (χ0) is 14.0. The number of rotatable bonds is 3. The van der Waals surface area contributed by atoms with Gasteiger partial charge in [-0.15, -0.1) is 0 Å². The number of nitrogens with zero attached hydrogens (tertiary/aromatic N) is 1. The van der Waals surface area contributed by atoms with Crippen molar-refractivity contribution in [3.05, 3.63) is 50.6 Å². The maximum absolute atomic E-state index is 5.97. The van der Waals surface area contributed by atoms with Crippen molar-refractivity contribution in [3.8, 4) is 11.6 Å². The predicted octanol–water partition coefficient (Wildman–Crippen LogP) is 4.37. The van der Waals surface area contributed by atoms with Crippen LogP contribution >= 0.6 is 27.5 Å². The quantitative estimate of drug-likeness (QED) is 0.902. The minimum atomic E-state index is 0.357. The van der Waals surface area contributed by atoms with E-state index in [2.05, 4.69) is 20.9 Å². The zero-order valence-electron chi connectivity index (χ0n) is 10.7. The summed E-state index contributed by atoms with van der Waals surface area (Å²) in [5.41, 5.74) is 8.65. The number of nitrogens with two attached hydrogens (primary N) is 1. The lowest BCUT2D eigenvalue weighted by Crippen LogP contribution is -1.99. The highest BCUT2D eigenvalue weighted by molar-refractivity contribution is 9.10. The highest BCUT2D eigenvalue weighted by Crippen LogP contribution is 2.29. The Morgan fingerprint density at radius 3 is 2.47 bits per heavy atom. The van der Waals surface area contributed by atoms with Crippen LogP contribution in [0.2, 0.25) is 5.02 Å². The molecule has 2 N–H and O–H groups in total. The van der Waals surface area contributed by atoms with Gasteiger partial charge in [0.1, 0.15) is 5.75 Å². The Morgan fingerprint density at radius 2 is 1.89 bits per heavy atom. The summed E-state index contributed by atoms with van der Waals surface area (Å²) in [5.74, 6) is 1.24. The molecule has 0 atom stereocenters. The Morgan fingerprint density at radius 1 is 1.26 bits per heavy atom. The van der Waals surface area contributed by atoms with Gasteiger partial charge in [0, 0.05) is 23.3 Å². The Labute approximate surface area is 125 Å². The fourth-order valence-electron chi connectivity index (χ4n) is 1.76. The van der Waals surface area contributed by atoms with Crippen molar-refractivity contribution in [2.24, 2.45) is 5.73 Å². The lowest BCUT2D eigenvalue weighted by Gasteiger charge is -2.10. The van der Waals surface area contributed by atoms with Crippen molar-refractivity contribution < 1.29 is 4.74 Å². The van der Waals surface area contributed by atoms with Crippen molar-refractivity contribution in [2.45, 2.75) is 20.4 Å². The van der Waals surface area contributed by atoms with Crippen LogP contribution in [-0.4, -0.2) is 4.98 Å². The van der Waals surface area contributed by atoms with E-state index in [9.17, 15) is 0 Å². The highest BCUT2D eigenvalue weighted by Gasteiger charge is 2.07. The molecule has 0 saturated carbocycles. The number of hydrogen-bond acceptors (Lipinski definition) is 3. The second kappa shape index (κ2) is 5.90. The molecule has 5 heteroatoms. The first-order valence-corrected chi connectivity index (χ1v) is 6.97. The topological polar surface area (TPSA) is 48.1 Å². The molecular formula is C14H14BrClN2O. The summed E-state index contributed by atoms with van der Waals surface area (Å²) in [6.45, 7) is 4.39. The van der Waals surface area contributed by atoms with Crippen molar-refractivity contribution in [1.29, 1.82) is 0 Å². The van der Waals surface area contributed by atoms with E-state index in [1.54, 1.807) is 12.3 Å². The van der Waals surface area contributed by atoms with Crippen molar-refractivity contribution in [2.75, 3.05) is 0 Å². The van der Waals surface area contributed by atoms with Crippen LogP contribution in [0.25, 0.3) is 0 Å². The highest BCUT2D eigenvalue weighted by atomic mass is 79.9. The van der Waals surface area contributed by atoms with Gasteiger partial charge in [0.15, 0.2) is 0 Å². The molecule has 3 nitrogen and oxygen atoms in total. The maximum atomic E-state index is 5.97. The van der Waals surface area contributed by atoms with E-state index < -0.39 is 0 Å². The van der Waals surface area contributed by atoms with E-state index in [0.29, 0.717) is 17.4 Å². The lowest BCUT2D eigenvalue weighted by molar-refractivity contribution is 0.461. The van der Waals surface area contributed by atoms with E-state index in [0.717, 1.165) is 26.9 Å². The zero-order valence-corrected chi connectivity index (χ0v) is 13.0. The van der Waals surface area contributed by atoms with E-state index in [-0.39, 0.29) is 0 Å². The number of halogens is 2. The SMILES string of the molecule is Cc1cc(Oc2cc(CN)c(Cl)cn2)cc(C)c1Br. The van der Waals surface area contributed by atoms with Crippen LogP contribution in [0.15, 0.2) is 28.9 Å². The number of benzene rings is 1. The summed E-state index contributed by atoms with van der Waals surface area (Å²) in [6, 6.07) is 5.67. The van der Waals surface area contributed by atoms with Gasteiger partial charge in [-0.25, -0.2) is 4.98 Å². The average Bonchev–Trinajstić information content (AvgIpc) is 2.38. The molecular weight excluding hydrogens is 328 g/mol. The van der Waals surface area contributed by atoms with Gasteiger partial charge < -0.3 is 10.5 Å². The largest absolute Gasteiger partial charge is 0.439 e. The summed E-state index contributed by atoms with van der Waals surface area (Å²) in [7, 11) is 0. The number of pyridine rings is 1. The number of aryl methyl sites for hydroxylation is 2. The molecule has 0 amide bonds. The van der Waals surface area contributed by atoms with Crippen LogP contribution in [0.5, 0.6) is 11.6 Å². The first-order chi connectivity index (χ1) is 9.01. The summed E-state index contributed by atoms with van der Waals surface area (Å²) in [6.07, 6.45) is 1.55. The number of aromatic nitrogens is 1. The second-order valence-electron chi connectivity index (χ2n) is 4.29. The molecule has 2 rings (SSSR count). The second-order valence-corrected chi connectivity index (χ2v) is 5.49. The molecule has 0 spiro atoms. The van der Waals surface area contributed by atoms with Gasteiger partial charge in [0.25, 0.3) is 0 Å². The van der Waals surface area contributed by atoms with E-state index in [1.165, 1.54) is 0 Å². The van der Waals surface area contributed by atoms with E-state index in [4.69, 9.17) is 22.1 Å². The minimum Gasteiger partial charge on any atom is -0.439 e. The molecule has 0 unspecified atom stereocenters. The first-order valence-electron chi connectivity index (χ1n) is 5.80. The smallest absolute Gasteiger partial charge is 0.219 e. The van der Waals surface area contributed by atoms with E-state index >= 15 is 0 Å². The molecule has 0 radical (unpaired) electrons. The summed E-state index contributed by atoms with van der Waals surface area (Å²) in [5, 5.41) is 0.554. The fourth-order valence-corrected chi connectivity index (χ4v) is 2.17. The third-order valence-electron chi connectivity index (χ3n) is 2.76. The van der Waals surface area contributed by atoms with Crippen molar-refractivity contribution >= 4 is 27.5 Å². The Hall–Kier alpha value is -1.10. The van der Waals surface area contributed by atoms with Gasteiger partial charge in [-0.2, -0.15) is 0 Å². The summed E-state index contributed by atoms with van der Waals surface area (Å²) >= 11 is 9.49. The Bertz CT molecular complexity index is 593. The van der Waals surface area contributed by atoms with Gasteiger partial charge in [0.2, 0.25) is 5.88 Å². The van der Waals surface area contributed by atoms with Crippen LogP contribution in [0.3, 0.4) is 0 Å². The van der Waals surface area contributed by atoms with Crippen LogP contribution in [-0.2, 0) is 6.54 Å². The van der Waals surface area contributed by atoms with Crippen LogP contribution in [0, 0.1) is 13.8 Å². The molecule has 2 aromatic rings. The molecule has 100 valence electrons. The first kappa shape index (κ1) is 14.3. The van der Waals surface area contributed by atoms with Gasteiger partial charge in [0.05, 0.1) is 5.02 Å². The fraction of sp³-hybridized carbons (Fsp3) is 0.214. The molecule has 0 aliphatic rings. The van der Waals surface area contributed by atoms with Crippen molar-refractivity contribution in [3.63, 3.8) is 0 Å². The molecule has 1 heterocycles. The Kier molecular flexibility index (Phi) is 4.45. The van der Waals surface area contributed by atoms with Crippen LogP contribution in [0.4, 0.5) is 0 Å². The Balaban J connectivity index is 2.31. The standard InChI is InChI=1S/C14H14BrClN2O/c1-8-3-11(4-9(2)14(8)15)19-13-5-10(6-17)12(16)7-18-13/h3-5,7H,6,17H2,1-2H3.